The van der Waals surface area contributed by atoms with Crippen LogP contribution in [0.5, 0.6) is 5.75 Å². The molecule has 2 N–H and O–H groups in total. The lowest BCUT2D eigenvalue weighted by Crippen LogP contribution is -2.20. The van der Waals surface area contributed by atoms with Crippen molar-refractivity contribution in [2.45, 2.75) is 6.43 Å². The van der Waals surface area contributed by atoms with Gasteiger partial charge in [0.1, 0.15) is 5.75 Å². The third-order valence-electron chi connectivity index (χ3n) is 1.71. The maximum Gasteiger partial charge on any atom is 0.315 e. The van der Waals surface area contributed by atoms with Gasteiger partial charge in [-0.1, -0.05) is 0 Å². The maximum absolute atomic E-state index is 12.0. The summed E-state index contributed by atoms with van der Waals surface area (Å²) in [5, 5.41) is 21.5. The van der Waals surface area contributed by atoms with Crippen LogP contribution in [0.1, 0.15) is 0 Å². The van der Waals surface area contributed by atoms with Gasteiger partial charge in [-0.05, 0) is 15.9 Å². The number of alkyl halides is 2. The molecule has 6 nitrogen and oxygen atoms in total. The van der Waals surface area contributed by atoms with Gasteiger partial charge in [0.15, 0.2) is 0 Å². The van der Waals surface area contributed by atoms with Crippen molar-refractivity contribution < 1.29 is 23.6 Å². The molecule has 0 heterocycles. The molecule has 0 unspecified atom stereocenters. The SMILES string of the molecule is O=C(Nc1cc([N+](=O)[O-])cc(O)c1Br)C(F)F. The lowest BCUT2D eigenvalue weighted by molar-refractivity contribution is -0.384. The molecule has 0 aliphatic rings. The average molecular weight is 311 g/mol. The number of halogens is 3. The number of hydrogen-bond acceptors (Lipinski definition) is 4. The van der Waals surface area contributed by atoms with Crippen LogP contribution in [0.3, 0.4) is 0 Å². The van der Waals surface area contributed by atoms with Gasteiger partial charge in [-0.2, -0.15) is 8.78 Å². The molecule has 9 heteroatoms. The molecule has 0 fully saturated rings. The number of phenolic OH excluding ortho intramolecular Hbond substituents is 1. The highest BCUT2D eigenvalue weighted by Gasteiger charge is 2.20. The topological polar surface area (TPSA) is 92.5 Å². The Hall–Kier alpha value is -1.77. The number of nitro benzene ring substituents is 1. The molecule has 0 radical (unpaired) electrons. The Balaban J connectivity index is 3.14. The summed E-state index contributed by atoms with van der Waals surface area (Å²) in [5.41, 5.74) is -0.836. The van der Waals surface area contributed by atoms with Crippen molar-refractivity contribution >= 4 is 33.2 Å². The molecule has 1 amide bonds. The van der Waals surface area contributed by atoms with Crippen LogP contribution >= 0.6 is 15.9 Å². The Morgan fingerprint density at radius 1 is 1.53 bits per heavy atom. The fourth-order valence-electron chi connectivity index (χ4n) is 0.978. The lowest BCUT2D eigenvalue weighted by Gasteiger charge is -2.07. The zero-order valence-corrected chi connectivity index (χ0v) is 9.57. The number of non-ortho nitro benzene ring substituents is 1. The number of hydrogen-bond donors (Lipinski definition) is 2. The molecule has 0 saturated heterocycles. The van der Waals surface area contributed by atoms with E-state index in [4.69, 9.17) is 0 Å². The second-order valence-corrected chi connectivity index (χ2v) is 3.67. The van der Waals surface area contributed by atoms with Crippen LogP contribution in [0.4, 0.5) is 20.2 Å². The monoisotopic (exact) mass is 310 g/mol. The largest absolute Gasteiger partial charge is 0.506 e. The van der Waals surface area contributed by atoms with E-state index in [-0.39, 0.29) is 10.2 Å². The minimum absolute atomic E-state index is 0.114. The van der Waals surface area contributed by atoms with Gasteiger partial charge in [0.25, 0.3) is 11.6 Å². The van der Waals surface area contributed by atoms with E-state index in [0.717, 1.165) is 12.1 Å². The third kappa shape index (κ3) is 3.09. The van der Waals surface area contributed by atoms with Crippen LogP contribution in [-0.2, 0) is 4.79 Å². The minimum Gasteiger partial charge on any atom is -0.506 e. The van der Waals surface area contributed by atoms with Gasteiger partial charge in [-0.25, -0.2) is 0 Å². The van der Waals surface area contributed by atoms with Crippen LogP contribution in [0.15, 0.2) is 16.6 Å². The highest BCUT2D eigenvalue weighted by Crippen LogP contribution is 2.36. The fourth-order valence-corrected chi connectivity index (χ4v) is 1.31. The van der Waals surface area contributed by atoms with E-state index in [1.54, 1.807) is 5.32 Å². The first-order chi connectivity index (χ1) is 7.82. The van der Waals surface area contributed by atoms with Crippen LogP contribution in [0, 0.1) is 10.1 Å². The quantitative estimate of drug-likeness (QED) is 0.661. The van der Waals surface area contributed by atoms with Gasteiger partial charge in [-0.3, -0.25) is 14.9 Å². The molecule has 0 spiro atoms. The summed E-state index contributed by atoms with van der Waals surface area (Å²) in [5.74, 6) is -2.16. The Labute approximate surface area is 102 Å². The van der Waals surface area contributed by atoms with Crippen LogP contribution in [0.2, 0.25) is 0 Å². The molecule has 1 aromatic carbocycles. The second kappa shape index (κ2) is 5.04. The molecular formula is C8H5BrF2N2O4. The molecular weight excluding hydrogens is 306 g/mol. The van der Waals surface area contributed by atoms with Crippen molar-refractivity contribution in [1.82, 2.24) is 0 Å². The molecule has 1 rings (SSSR count). The lowest BCUT2D eigenvalue weighted by atomic mass is 10.2. The van der Waals surface area contributed by atoms with Crippen molar-refractivity contribution in [3.05, 3.63) is 26.7 Å². The van der Waals surface area contributed by atoms with Gasteiger partial charge < -0.3 is 10.4 Å². The van der Waals surface area contributed by atoms with Gasteiger partial charge in [-0.15, -0.1) is 0 Å². The number of nitro groups is 1. The highest BCUT2D eigenvalue weighted by atomic mass is 79.9. The average Bonchev–Trinajstić information content (AvgIpc) is 2.23. The minimum atomic E-state index is -3.26. The third-order valence-corrected chi connectivity index (χ3v) is 2.54. The number of phenols is 1. The number of carbonyl (C=O) groups excluding carboxylic acids is 1. The molecule has 0 atom stereocenters. The zero-order valence-electron chi connectivity index (χ0n) is 7.99. The van der Waals surface area contributed by atoms with Gasteiger partial charge >= 0.3 is 6.43 Å². The number of nitrogens with zero attached hydrogens (tertiary/aromatic N) is 1. The standard InChI is InChI=1S/C8H5BrF2N2O4/c9-6-4(12-8(15)7(10)11)1-3(13(16)17)2-5(6)14/h1-2,7,14H,(H,12,15). The predicted molar refractivity (Wildman–Crippen MR) is 57.1 cm³/mol. The van der Waals surface area contributed by atoms with E-state index in [1.807, 2.05) is 0 Å². The number of amides is 1. The maximum atomic E-state index is 12.0. The smallest absolute Gasteiger partial charge is 0.315 e. The number of benzene rings is 1. The van der Waals surface area contributed by atoms with Crippen LogP contribution in [-0.4, -0.2) is 22.4 Å². The Morgan fingerprint density at radius 2 is 2.12 bits per heavy atom. The fraction of sp³-hybridized carbons (Fsp3) is 0.125. The van der Waals surface area contributed by atoms with Gasteiger partial charge in [0, 0.05) is 6.07 Å². The first-order valence-corrected chi connectivity index (χ1v) is 4.88. The van der Waals surface area contributed by atoms with Gasteiger partial charge in [0.2, 0.25) is 0 Å². The number of aromatic hydroxyl groups is 1. The number of carbonyl (C=O) groups is 1. The van der Waals surface area contributed by atoms with E-state index >= 15 is 0 Å². The molecule has 0 aromatic heterocycles. The summed E-state index contributed by atoms with van der Waals surface area (Å²) in [6.45, 7) is 0. The summed E-state index contributed by atoms with van der Waals surface area (Å²) in [6.07, 6.45) is -3.26. The number of rotatable bonds is 3. The summed E-state index contributed by atoms with van der Waals surface area (Å²) >= 11 is 2.81. The van der Waals surface area contributed by atoms with Gasteiger partial charge in [0.05, 0.1) is 21.1 Å². The van der Waals surface area contributed by atoms with E-state index < -0.39 is 28.7 Å². The predicted octanol–water partition coefficient (Wildman–Crippen LogP) is 2.27. The molecule has 17 heavy (non-hydrogen) atoms. The Bertz CT molecular complexity index is 481. The summed E-state index contributed by atoms with van der Waals surface area (Å²) in [6, 6.07) is 1.67. The van der Waals surface area contributed by atoms with Crippen molar-refractivity contribution in [3.8, 4) is 5.75 Å². The van der Waals surface area contributed by atoms with E-state index in [2.05, 4.69) is 15.9 Å². The summed E-state index contributed by atoms with van der Waals surface area (Å²) in [4.78, 5) is 20.3. The molecule has 1 aromatic rings. The van der Waals surface area contributed by atoms with Crippen LogP contribution in [0.25, 0.3) is 0 Å². The highest BCUT2D eigenvalue weighted by molar-refractivity contribution is 9.10. The molecule has 0 saturated carbocycles. The van der Waals surface area contributed by atoms with E-state index in [1.165, 1.54) is 0 Å². The Morgan fingerprint density at radius 3 is 2.59 bits per heavy atom. The van der Waals surface area contributed by atoms with Crippen molar-refractivity contribution in [2.75, 3.05) is 5.32 Å². The summed E-state index contributed by atoms with van der Waals surface area (Å²) in [7, 11) is 0. The van der Waals surface area contributed by atoms with E-state index in [9.17, 15) is 28.8 Å². The van der Waals surface area contributed by atoms with Crippen molar-refractivity contribution in [1.29, 1.82) is 0 Å². The van der Waals surface area contributed by atoms with Crippen LogP contribution < -0.4 is 5.32 Å². The molecule has 92 valence electrons. The first kappa shape index (κ1) is 13.3. The van der Waals surface area contributed by atoms with Crippen molar-refractivity contribution in [3.63, 3.8) is 0 Å². The normalized spacial score (nSPS) is 10.4. The molecule has 0 aliphatic heterocycles. The van der Waals surface area contributed by atoms with Crippen molar-refractivity contribution in [2.24, 2.45) is 0 Å². The summed E-state index contributed by atoms with van der Waals surface area (Å²) < 4.78 is 23.8. The Kier molecular flexibility index (Phi) is 3.94. The first-order valence-electron chi connectivity index (χ1n) is 4.09. The number of nitrogens with one attached hydrogen (secondary N) is 1. The molecule has 0 aliphatic carbocycles. The van der Waals surface area contributed by atoms with E-state index in [0.29, 0.717) is 0 Å². The zero-order chi connectivity index (χ0) is 13.2. The second-order valence-electron chi connectivity index (χ2n) is 2.87. The number of anilines is 1. The molecule has 0 bridgehead atoms.